The van der Waals surface area contributed by atoms with Crippen LogP contribution < -0.4 is 4.90 Å². The molecule has 8 heteroatoms. The number of thiazole rings is 1. The highest BCUT2D eigenvalue weighted by Gasteiger charge is 2.28. The number of piperazine rings is 1. The van der Waals surface area contributed by atoms with Crippen LogP contribution in [0, 0.1) is 13.8 Å². The molecule has 1 aliphatic rings. The lowest BCUT2D eigenvalue weighted by Crippen LogP contribution is -2.49. The summed E-state index contributed by atoms with van der Waals surface area (Å²) in [6.45, 7) is 8.18. The van der Waals surface area contributed by atoms with Crippen LogP contribution in [0.2, 0.25) is 0 Å². The molecule has 1 saturated heterocycles. The molecule has 0 aliphatic carbocycles. The predicted molar refractivity (Wildman–Crippen MR) is 121 cm³/mol. The number of carbonyl (C=O) groups excluding carboxylic acids is 1. The van der Waals surface area contributed by atoms with Crippen LogP contribution in [0.4, 0.5) is 5.13 Å². The van der Waals surface area contributed by atoms with Gasteiger partial charge in [0.05, 0.1) is 26.4 Å². The zero-order valence-electron chi connectivity index (χ0n) is 17.4. The number of hydrogen-bond donors (Lipinski definition) is 0. The predicted octanol–water partition coefficient (Wildman–Crippen LogP) is 3.67. The van der Waals surface area contributed by atoms with Crippen molar-refractivity contribution in [1.29, 1.82) is 0 Å². The highest BCUT2D eigenvalue weighted by molar-refractivity contribution is 7.91. The molecular formula is C22H25N3O3S2. The number of amides is 1. The van der Waals surface area contributed by atoms with E-state index in [-0.39, 0.29) is 22.1 Å². The first-order valence-electron chi connectivity index (χ1n) is 10.0. The summed E-state index contributed by atoms with van der Waals surface area (Å²) in [7, 11) is -3.46. The minimum absolute atomic E-state index is 0.0263. The van der Waals surface area contributed by atoms with Gasteiger partial charge in [-0.15, -0.1) is 0 Å². The van der Waals surface area contributed by atoms with Gasteiger partial charge in [0.1, 0.15) is 0 Å². The van der Waals surface area contributed by atoms with Crippen LogP contribution in [0.15, 0.2) is 41.3 Å². The van der Waals surface area contributed by atoms with Crippen molar-refractivity contribution < 1.29 is 13.2 Å². The summed E-state index contributed by atoms with van der Waals surface area (Å²) in [5.41, 5.74) is 3.70. The van der Waals surface area contributed by atoms with E-state index < -0.39 is 9.84 Å². The topological polar surface area (TPSA) is 70.6 Å². The zero-order chi connectivity index (χ0) is 21.5. The number of anilines is 1. The van der Waals surface area contributed by atoms with E-state index in [1.54, 1.807) is 41.4 Å². The summed E-state index contributed by atoms with van der Waals surface area (Å²) in [6, 6.07) is 10.7. The summed E-state index contributed by atoms with van der Waals surface area (Å²) in [5.74, 6) is -0.250. The summed E-state index contributed by atoms with van der Waals surface area (Å²) in [4.78, 5) is 22.0. The SMILES string of the molecule is CCS(=O)(=O)c1ccccc1C(=O)N1CCN(c2nc3c(C)ccc(C)c3s2)CC1. The van der Waals surface area contributed by atoms with E-state index in [1.807, 2.05) is 0 Å². The number of carbonyl (C=O) groups is 1. The molecule has 1 fully saturated rings. The smallest absolute Gasteiger partial charge is 0.255 e. The van der Waals surface area contributed by atoms with Gasteiger partial charge >= 0.3 is 0 Å². The molecule has 2 heterocycles. The number of rotatable bonds is 4. The van der Waals surface area contributed by atoms with Crippen molar-refractivity contribution >= 4 is 42.4 Å². The highest BCUT2D eigenvalue weighted by atomic mass is 32.2. The summed E-state index contributed by atoms with van der Waals surface area (Å²) in [5, 5.41) is 0.975. The van der Waals surface area contributed by atoms with Crippen LogP contribution in [0.1, 0.15) is 28.4 Å². The van der Waals surface area contributed by atoms with E-state index in [2.05, 4.69) is 30.9 Å². The maximum atomic E-state index is 13.1. The Hall–Kier alpha value is -2.45. The molecule has 4 rings (SSSR count). The van der Waals surface area contributed by atoms with Crippen molar-refractivity contribution in [1.82, 2.24) is 9.88 Å². The average molecular weight is 444 g/mol. The maximum Gasteiger partial charge on any atom is 0.255 e. The molecule has 0 bridgehead atoms. The normalized spacial score (nSPS) is 15.0. The summed E-state index contributed by atoms with van der Waals surface area (Å²) < 4.78 is 26.0. The van der Waals surface area contributed by atoms with Crippen LogP contribution in [0.25, 0.3) is 10.2 Å². The molecule has 0 atom stereocenters. The van der Waals surface area contributed by atoms with Crippen molar-refractivity contribution in [3.8, 4) is 0 Å². The number of aromatic nitrogens is 1. The van der Waals surface area contributed by atoms with Gasteiger partial charge in [-0.2, -0.15) is 0 Å². The largest absolute Gasteiger partial charge is 0.345 e. The van der Waals surface area contributed by atoms with Gasteiger partial charge in [-0.25, -0.2) is 13.4 Å². The molecular weight excluding hydrogens is 418 g/mol. The number of nitrogens with zero attached hydrogens (tertiary/aromatic N) is 3. The Labute approximate surface area is 181 Å². The third-order valence-electron chi connectivity index (χ3n) is 5.60. The number of benzene rings is 2. The third-order valence-corrected chi connectivity index (χ3v) is 8.64. The Bertz CT molecular complexity index is 1170. The molecule has 3 aromatic rings. The lowest BCUT2D eigenvalue weighted by Gasteiger charge is -2.34. The number of sulfone groups is 1. The van der Waals surface area contributed by atoms with Crippen LogP contribution in [0.5, 0.6) is 0 Å². The maximum absolute atomic E-state index is 13.1. The first-order chi connectivity index (χ1) is 14.3. The average Bonchev–Trinajstić information content (AvgIpc) is 3.23. The van der Waals surface area contributed by atoms with Crippen molar-refractivity contribution in [2.75, 3.05) is 36.8 Å². The highest BCUT2D eigenvalue weighted by Crippen LogP contribution is 2.33. The summed E-state index contributed by atoms with van der Waals surface area (Å²) >= 11 is 1.69. The van der Waals surface area contributed by atoms with Crippen LogP contribution >= 0.6 is 11.3 Å². The molecule has 0 spiro atoms. The molecule has 6 nitrogen and oxygen atoms in total. The zero-order valence-corrected chi connectivity index (χ0v) is 19.0. The Morgan fingerprint density at radius 2 is 1.70 bits per heavy atom. The number of aryl methyl sites for hydroxylation is 2. The number of hydrogen-bond acceptors (Lipinski definition) is 6. The van der Waals surface area contributed by atoms with Crippen molar-refractivity contribution in [3.05, 3.63) is 53.1 Å². The monoisotopic (exact) mass is 443 g/mol. The lowest BCUT2D eigenvalue weighted by atomic mass is 10.1. The Morgan fingerprint density at radius 3 is 2.37 bits per heavy atom. The molecule has 1 aliphatic heterocycles. The minimum atomic E-state index is -3.46. The molecule has 0 saturated carbocycles. The molecule has 1 aromatic heterocycles. The fraction of sp³-hybridized carbons (Fsp3) is 0.364. The van der Waals surface area contributed by atoms with Gasteiger partial charge in [-0.1, -0.05) is 42.5 Å². The van der Waals surface area contributed by atoms with Gasteiger partial charge in [0.15, 0.2) is 15.0 Å². The lowest BCUT2D eigenvalue weighted by molar-refractivity contribution is 0.0743. The molecule has 0 N–H and O–H groups in total. The van der Waals surface area contributed by atoms with Gasteiger partial charge in [0, 0.05) is 26.2 Å². The molecule has 0 radical (unpaired) electrons. The molecule has 0 unspecified atom stereocenters. The van der Waals surface area contributed by atoms with Gasteiger partial charge in [-0.3, -0.25) is 4.79 Å². The van der Waals surface area contributed by atoms with E-state index >= 15 is 0 Å². The molecule has 2 aromatic carbocycles. The standard InChI is InChI=1S/C22H25N3O3S2/c1-4-30(27,28)18-8-6-5-7-17(18)21(26)24-11-13-25(14-12-24)22-23-19-15(2)9-10-16(3)20(19)29-22/h5-10H,4,11-14H2,1-3H3. The Kier molecular flexibility index (Phi) is 5.55. The summed E-state index contributed by atoms with van der Waals surface area (Å²) in [6.07, 6.45) is 0. The fourth-order valence-corrected chi connectivity index (χ4v) is 5.98. The first-order valence-corrected chi connectivity index (χ1v) is 12.5. The third kappa shape index (κ3) is 3.70. The quantitative estimate of drug-likeness (QED) is 0.615. The van der Waals surface area contributed by atoms with E-state index in [9.17, 15) is 13.2 Å². The Morgan fingerprint density at radius 1 is 1.03 bits per heavy atom. The van der Waals surface area contributed by atoms with Gasteiger partial charge in [-0.05, 0) is 37.1 Å². The number of fused-ring (bicyclic) bond motifs is 1. The van der Waals surface area contributed by atoms with Gasteiger partial charge in [0.2, 0.25) is 0 Å². The fourth-order valence-electron chi connectivity index (χ4n) is 3.72. The van der Waals surface area contributed by atoms with Crippen LogP contribution in [-0.2, 0) is 9.84 Å². The second-order valence-electron chi connectivity index (χ2n) is 7.55. The first kappa shape index (κ1) is 20.8. The van der Waals surface area contributed by atoms with E-state index in [0.29, 0.717) is 26.2 Å². The minimum Gasteiger partial charge on any atom is -0.345 e. The van der Waals surface area contributed by atoms with E-state index in [0.717, 1.165) is 10.6 Å². The molecule has 30 heavy (non-hydrogen) atoms. The Balaban J connectivity index is 1.53. The van der Waals surface area contributed by atoms with Crippen molar-refractivity contribution in [2.45, 2.75) is 25.7 Å². The van der Waals surface area contributed by atoms with Crippen LogP contribution in [0.3, 0.4) is 0 Å². The van der Waals surface area contributed by atoms with E-state index in [1.165, 1.54) is 21.9 Å². The second kappa shape index (κ2) is 8.00. The van der Waals surface area contributed by atoms with Crippen molar-refractivity contribution in [3.63, 3.8) is 0 Å². The van der Waals surface area contributed by atoms with Crippen molar-refractivity contribution in [2.24, 2.45) is 0 Å². The van der Waals surface area contributed by atoms with Gasteiger partial charge in [0.25, 0.3) is 5.91 Å². The van der Waals surface area contributed by atoms with E-state index in [4.69, 9.17) is 4.98 Å². The van der Waals surface area contributed by atoms with Crippen LogP contribution in [-0.4, -0.2) is 56.1 Å². The molecule has 158 valence electrons. The van der Waals surface area contributed by atoms with Gasteiger partial charge < -0.3 is 9.80 Å². The molecule has 1 amide bonds. The second-order valence-corrected chi connectivity index (χ2v) is 10.8.